The first-order chi connectivity index (χ1) is 8.97. The van der Waals surface area contributed by atoms with Gasteiger partial charge in [0.1, 0.15) is 0 Å². The monoisotopic (exact) mass is 270 g/mol. The Kier molecular flexibility index (Phi) is 6.12. The summed E-state index contributed by atoms with van der Waals surface area (Å²) in [7, 11) is 0. The molecule has 5 nitrogen and oxygen atoms in total. The summed E-state index contributed by atoms with van der Waals surface area (Å²) >= 11 is 0. The van der Waals surface area contributed by atoms with E-state index in [1.807, 2.05) is 18.7 Å². The number of carboxylic acid groups (broad SMARTS) is 1. The lowest BCUT2D eigenvalue weighted by molar-refractivity contribution is -0.142. The minimum absolute atomic E-state index is 0.0165. The van der Waals surface area contributed by atoms with Crippen molar-refractivity contribution in [3.05, 3.63) is 0 Å². The molecule has 2 amide bonds. The van der Waals surface area contributed by atoms with E-state index in [1.54, 1.807) is 0 Å². The van der Waals surface area contributed by atoms with E-state index in [1.165, 1.54) is 0 Å². The van der Waals surface area contributed by atoms with Crippen molar-refractivity contribution in [3.8, 4) is 0 Å². The molecule has 1 unspecified atom stereocenters. The molecule has 1 saturated carbocycles. The topological polar surface area (TPSA) is 69.6 Å². The standard InChI is InChI=1S/C14H26N2O3/c1-4-5-8-16(11-6-7-11)14(19)15-9-12(10(2)3)13(17)18/h10-12H,4-9H2,1-3H3,(H,15,19)(H,17,18). The second-order valence-electron chi connectivity index (χ2n) is 5.65. The highest BCUT2D eigenvalue weighted by atomic mass is 16.4. The number of nitrogens with zero attached hydrogens (tertiary/aromatic N) is 1. The molecule has 0 aromatic rings. The van der Waals surface area contributed by atoms with Gasteiger partial charge in [0.05, 0.1) is 5.92 Å². The summed E-state index contributed by atoms with van der Waals surface area (Å²) in [6, 6.07) is 0.261. The molecule has 110 valence electrons. The number of nitrogens with one attached hydrogen (secondary N) is 1. The van der Waals surface area contributed by atoms with Crippen LogP contribution in [0.5, 0.6) is 0 Å². The molecule has 0 saturated heterocycles. The first-order valence-corrected chi connectivity index (χ1v) is 7.24. The normalized spacial score (nSPS) is 16.2. The molecule has 1 aliphatic rings. The fraction of sp³-hybridized carbons (Fsp3) is 0.857. The lowest BCUT2D eigenvalue weighted by Gasteiger charge is -2.24. The van der Waals surface area contributed by atoms with E-state index in [2.05, 4.69) is 12.2 Å². The van der Waals surface area contributed by atoms with Gasteiger partial charge in [-0.1, -0.05) is 27.2 Å². The molecule has 0 bridgehead atoms. The van der Waals surface area contributed by atoms with E-state index in [9.17, 15) is 9.59 Å². The molecule has 0 aromatic carbocycles. The van der Waals surface area contributed by atoms with Crippen molar-refractivity contribution >= 4 is 12.0 Å². The summed E-state index contributed by atoms with van der Waals surface area (Å²) in [5, 5.41) is 11.9. The van der Waals surface area contributed by atoms with Crippen molar-refractivity contribution in [2.75, 3.05) is 13.1 Å². The molecular formula is C14H26N2O3. The maximum absolute atomic E-state index is 12.1. The Hall–Kier alpha value is -1.26. The Labute approximate surface area is 115 Å². The number of carboxylic acids is 1. The number of unbranched alkanes of at least 4 members (excludes halogenated alkanes) is 1. The van der Waals surface area contributed by atoms with Crippen LogP contribution in [-0.2, 0) is 4.79 Å². The molecule has 0 spiro atoms. The summed E-state index contributed by atoms with van der Waals surface area (Å²) in [4.78, 5) is 25.0. The molecule has 1 rings (SSSR count). The largest absolute Gasteiger partial charge is 0.481 e. The van der Waals surface area contributed by atoms with Crippen molar-refractivity contribution in [1.82, 2.24) is 10.2 Å². The number of rotatable bonds is 8. The van der Waals surface area contributed by atoms with Gasteiger partial charge in [-0.15, -0.1) is 0 Å². The summed E-state index contributed by atoms with van der Waals surface area (Å²) in [5.74, 6) is -1.35. The number of urea groups is 1. The average molecular weight is 270 g/mol. The van der Waals surface area contributed by atoms with Gasteiger partial charge in [-0.25, -0.2) is 4.79 Å². The number of carbonyl (C=O) groups is 2. The zero-order valence-corrected chi connectivity index (χ0v) is 12.2. The molecule has 2 N–H and O–H groups in total. The first kappa shape index (κ1) is 15.8. The molecule has 5 heteroatoms. The van der Waals surface area contributed by atoms with Crippen LogP contribution in [0, 0.1) is 11.8 Å². The quantitative estimate of drug-likeness (QED) is 0.711. The van der Waals surface area contributed by atoms with E-state index in [-0.39, 0.29) is 18.5 Å². The highest BCUT2D eigenvalue weighted by Crippen LogP contribution is 2.27. The Balaban J connectivity index is 2.44. The fourth-order valence-electron chi connectivity index (χ4n) is 2.07. The van der Waals surface area contributed by atoms with Gasteiger partial charge < -0.3 is 15.3 Å². The van der Waals surface area contributed by atoms with E-state index >= 15 is 0 Å². The van der Waals surface area contributed by atoms with E-state index in [0.717, 1.165) is 32.2 Å². The van der Waals surface area contributed by atoms with Gasteiger partial charge in [0.2, 0.25) is 0 Å². The van der Waals surface area contributed by atoms with Gasteiger partial charge in [-0.3, -0.25) is 4.79 Å². The molecule has 0 heterocycles. The second-order valence-corrected chi connectivity index (χ2v) is 5.65. The van der Waals surface area contributed by atoms with Gasteiger partial charge in [0.15, 0.2) is 0 Å². The van der Waals surface area contributed by atoms with E-state index < -0.39 is 11.9 Å². The molecule has 0 aliphatic heterocycles. The average Bonchev–Trinajstić information content (AvgIpc) is 3.13. The third kappa shape index (κ3) is 5.09. The zero-order valence-electron chi connectivity index (χ0n) is 12.2. The number of amides is 2. The first-order valence-electron chi connectivity index (χ1n) is 7.24. The highest BCUT2D eigenvalue weighted by Gasteiger charge is 2.32. The smallest absolute Gasteiger partial charge is 0.317 e. The SMILES string of the molecule is CCCCN(C(=O)NCC(C(=O)O)C(C)C)C1CC1. The summed E-state index contributed by atoms with van der Waals surface area (Å²) in [5.41, 5.74) is 0. The molecule has 1 fully saturated rings. The minimum Gasteiger partial charge on any atom is -0.481 e. The van der Waals surface area contributed by atoms with Gasteiger partial charge in [-0.2, -0.15) is 0 Å². The molecule has 0 aromatic heterocycles. The van der Waals surface area contributed by atoms with Gasteiger partial charge >= 0.3 is 12.0 Å². The maximum atomic E-state index is 12.1. The van der Waals surface area contributed by atoms with E-state index in [4.69, 9.17) is 5.11 Å². The van der Waals surface area contributed by atoms with Crippen LogP contribution in [0.4, 0.5) is 4.79 Å². The molecule has 1 atom stereocenters. The Morgan fingerprint density at radius 1 is 1.37 bits per heavy atom. The third-order valence-corrected chi connectivity index (χ3v) is 3.60. The predicted octanol–water partition coefficient (Wildman–Crippen LogP) is 2.32. The van der Waals surface area contributed by atoms with Crippen LogP contribution in [0.25, 0.3) is 0 Å². The lowest BCUT2D eigenvalue weighted by atomic mass is 9.96. The van der Waals surface area contributed by atoms with Crippen LogP contribution in [0.3, 0.4) is 0 Å². The fourth-order valence-corrected chi connectivity index (χ4v) is 2.07. The van der Waals surface area contributed by atoms with Crippen molar-refractivity contribution < 1.29 is 14.7 Å². The summed E-state index contributed by atoms with van der Waals surface area (Å²) in [6.45, 7) is 6.80. The number of hydrogen-bond donors (Lipinski definition) is 2. The Morgan fingerprint density at radius 2 is 2.00 bits per heavy atom. The molecule has 0 radical (unpaired) electrons. The molecular weight excluding hydrogens is 244 g/mol. The van der Waals surface area contributed by atoms with Gasteiger partial charge in [-0.05, 0) is 25.2 Å². The Bertz CT molecular complexity index is 314. The predicted molar refractivity (Wildman–Crippen MR) is 74.0 cm³/mol. The number of hydrogen-bond acceptors (Lipinski definition) is 2. The van der Waals surface area contributed by atoms with Crippen molar-refractivity contribution in [3.63, 3.8) is 0 Å². The highest BCUT2D eigenvalue weighted by molar-refractivity contribution is 5.76. The van der Waals surface area contributed by atoms with Crippen molar-refractivity contribution in [1.29, 1.82) is 0 Å². The van der Waals surface area contributed by atoms with Crippen LogP contribution in [0.1, 0.15) is 46.5 Å². The molecule has 19 heavy (non-hydrogen) atoms. The van der Waals surface area contributed by atoms with Crippen molar-refractivity contribution in [2.24, 2.45) is 11.8 Å². The van der Waals surface area contributed by atoms with Gasteiger partial charge in [0.25, 0.3) is 0 Å². The Morgan fingerprint density at radius 3 is 2.42 bits per heavy atom. The van der Waals surface area contributed by atoms with Crippen LogP contribution < -0.4 is 5.32 Å². The van der Waals surface area contributed by atoms with Crippen LogP contribution in [0.15, 0.2) is 0 Å². The van der Waals surface area contributed by atoms with Gasteiger partial charge in [0, 0.05) is 19.1 Å². The van der Waals surface area contributed by atoms with Crippen LogP contribution in [-0.4, -0.2) is 41.1 Å². The second kappa shape index (κ2) is 7.36. The zero-order chi connectivity index (χ0) is 14.4. The van der Waals surface area contributed by atoms with Crippen LogP contribution >= 0.6 is 0 Å². The summed E-state index contributed by atoms with van der Waals surface area (Å²) < 4.78 is 0. The van der Waals surface area contributed by atoms with Crippen LogP contribution in [0.2, 0.25) is 0 Å². The number of aliphatic carboxylic acids is 1. The van der Waals surface area contributed by atoms with E-state index in [0.29, 0.717) is 6.04 Å². The third-order valence-electron chi connectivity index (χ3n) is 3.60. The molecule has 1 aliphatic carbocycles. The lowest BCUT2D eigenvalue weighted by Crippen LogP contribution is -2.45. The maximum Gasteiger partial charge on any atom is 0.317 e. The summed E-state index contributed by atoms with van der Waals surface area (Å²) in [6.07, 6.45) is 4.20. The number of carbonyl (C=O) groups excluding carboxylic acids is 1. The van der Waals surface area contributed by atoms with Crippen molar-refractivity contribution in [2.45, 2.75) is 52.5 Å². The minimum atomic E-state index is -0.846.